The summed E-state index contributed by atoms with van der Waals surface area (Å²) < 4.78 is 5.63. The van der Waals surface area contributed by atoms with E-state index in [0.29, 0.717) is 44.6 Å². The Balaban J connectivity index is 1.40. The van der Waals surface area contributed by atoms with Crippen LogP contribution in [0.5, 0.6) is 5.75 Å². The Morgan fingerprint density at radius 2 is 1.33 bits per heavy atom. The molecule has 1 heterocycles. The summed E-state index contributed by atoms with van der Waals surface area (Å²) >= 11 is 0. The first kappa shape index (κ1) is 22.6. The Morgan fingerprint density at radius 1 is 0.788 bits per heavy atom. The van der Waals surface area contributed by atoms with Crippen molar-refractivity contribution in [1.82, 2.24) is 10.2 Å². The van der Waals surface area contributed by atoms with E-state index in [0.717, 1.165) is 11.1 Å². The molecule has 1 N–H and O–H groups in total. The number of likely N-dealkylation sites (tertiary alicyclic amines) is 1. The van der Waals surface area contributed by atoms with Gasteiger partial charge in [-0.1, -0.05) is 78.9 Å². The Morgan fingerprint density at radius 3 is 1.94 bits per heavy atom. The van der Waals surface area contributed by atoms with Gasteiger partial charge in [0.2, 0.25) is 5.91 Å². The van der Waals surface area contributed by atoms with E-state index >= 15 is 0 Å². The van der Waals surface area contributed by atoms with Gasteiger partial charge in [-0.3, -0.25) is 9.59 Å². The van der Waals surface area contributed by atoms with Gasteiger partial charge in [0.25, 0.3) is 5.91 Å². The Labute approximate surface area is 195 Å². The molecule has 0 unspecified atom stereocenters. The summed E-state index contributed by atoms with van der Waals surface area (Å²) in [5, 5.41) is 3.15. The standard InChI is InChI=1S/C28H30N2O3/c31-26(22-33-25-14-8-3-9-15-25)30-18-16-28(17-19-30,20-23-10-4-1-5-11-23)27(32)29-21-24-12-6-2-7-13-24/h1-15H,16-22H2,(H,29,32). The molecule has 0 aliphatic carbocycles. The molecule has 1 fully saturated rings. The molecule has 5 nitrogen and oxygen atoms in total. The molecule has 5 heteroatoms. The topological polar surface area (TPSA) is 58.6 Å². The van der Waals surface area contributed by atoms with Crippen LogP contribution in [0.25, 0.3) is 0 Å². The van der Waals surface area contributed by atoms with E-state index in [9.17, 15) is 9.59 Å². The first-order chi connectivity index (χ1) is 16.1. The van der Waals surface area contributed by atoms with Crippen LogP contribution in [0.3, 0.4) is 0 Å². The molecule has 0 spiro atoms. The number of para-hydroxylation sites is 1. The van der Waals surface area contributed by atoms with E-state index < -0.39 is 5.41 Å². The van der Waals surface area contributed by atoms with Gasteiger partial charge in [0, 0.05) is 19.6 Å². The lowest BCUT2D eigenvalue weighted by Crippen LogP contribution is -2.51. The number of hydrogen-bond acceptors (Lipinski definition) is 3. The van der Waals surface area contributed by atoms with Crippen LogP contribution >= 0.6 is 0 Å². The lowest BCUT2D eigenvalue weighted by molar-refractivity contribution is -0.141. The molecular weight excluding hydrogens is 412 g/mol. The number of rotatable bonds is 8. The summed E-state index contributed by atoms with van der Waals surface area (Å²) in [7, 11) is 0. The fraction of sp³-hybridized carbons (Fsp3) is 0.286. The van der Waals surface area contributed by atoms with Crippen molar-refractivity contribution < 1.29 is 14.3 Å². The van der Waals surface area contributed by atoms with Crippen LogP contribution in [0.2, 0.25) is 0 Å². The minimum absolute atomic E-state index is 0.00982. The SMILES string of the molecule is O=C(COc1ccccc1)N1CCC(Cc2ccccc2)(C(=O)NCc2ccccc2)CC1. The fourth-order valence-electron chi connectivity index (χ4n) is 4.37. The van der Waals surface area contributed by atoms with E-state index in [1.165, 1.54) is 0 Å². The van der Waals surface area contributed by atoms with Crippen molar-refractivity contribution >= 4 is 11.8 Å². The molecule has 2 amide bonds. The first-order valence-electron chi connectivity index (χ1n) is 11.5. The third-order valence-corrected chi connectivity index (χ3v) is 6.34. The highest BCUT2D eigenvalue weighted by Crippen LogP contribution is 2.36. The van der Waals surface area contributed by atoms with Crippen LogP contribution in [-0.4, -0.2) is 36.4 Å². The van der Waals surface area contributed by atoms with Gasteiger partial charge in [0.15, 0.2) is 6.61 Å². The number of nitrogens with one attached hydrogen (secondary N) is 1. The molecule has 1 aliphatic rings. The maximum Gasteiger partial charge on any atom is 0.260 e. The highest BCUT2D eigenvalue weighted by Gasteiger charge is 2.42. The predicted molar refractivity (Wildman–Crippen MR) is 129 cm³/mol. The lowest BCUT2D eigenvalue weighted by atomic mass is 9.73. The summed E-state index contributed by atoms with van der Waals surface area (Å²) in [5.41, 5.74) is 1.68. The van der Waals surface area contributed by atoms with Crippen LogP contribution in [0.15, 0.2) is 91.0 Å². The Hall–Kier alpha value is -3.60. The quantitative estimate of drug-likeness (QED) is 0.568. The molecule has 3 aromatic rings. The molecule has 0 bridgehead atoms. The van der Waals surface area contributed by atoms with Crippen LogP contribution in [0.1, 0.15) is 24.0 Å². The van der Waals surface area contributed by atoms with Gasteiger partial charge in [-0.05, 0) is 42.5 Å². The van der Waals surface area contributed by atoms with E-state index in [-0.39, 0.29) is 18.4 Å². The van der Waals surface area contributed by atoms with E-state index in [1.54, 1.807) is 0 Å². The lowest BCUT2D eigenvalue weighted by Gasteiger charge is -2.41. The fourth-order valence-corrected chi connectivity index (χ4v) is 4.37. The van der Waals surface area contributed by atoms with E-state index in [2.05, 4.69) is 17.4 Å². The average molecular weight is 443 g/mol. The van der Waals surface area contributed by atoms with Crippen LogP contribution in [0.4, 0.5) is 0 Å². The summed E-state index contributed by atoms with van der Waals surface area (Å²) in [5.74, 6) is 0.696. The molecule has 33 heavy (non-hydrogen) atoms. The van der Waals surface area contributed by atoms with Crippen LogP contribution < -0.4 is 10.1 Å². The third-order valence-electron chi connectivity index (χ3n) is 6.34. The van der Waals surface area contributed by atoms with Gasteiger partial charge in [0.05, 0.1) is 5.41 Å². The van der Waals surface area contributed by atoms with Crippen molar-refractivity contribution in [2.45, 2.75) is 25.8 Å². The number of amides is 2. The van der Waals surface area contributed by atoms with Crippen molar-refractivity contribution in [3.63, 3.8) is 0 Å². The highest BCUT2D eigenvalue weighted by molar-refractivity contribution is 5.84. The molecule has 170 valence electrons. The molecular formula is C28H30N2O3. The van der Waals surface area contributed by atoms with Crippen molar-refractivity contribution in [2.24, 2.45) is 5.41 Å². The zero-order chi connectivity index (χ0) is 22.9. The second-order valence-corrected chi connectivity index (χ2v) is 8.59. The molecule has 1 aliphatic heterocycles. The van der Waals surface area contributed by atoms with Gasteiger partial charge >= 0.3 is 0 Å². The number of piperidine rings is 1. The monoisotopic (exact) mass is 442 g/mol. The molecule has 0 radical (unpaired) electrons. The maximum atomic E-state index is 13.4. The Bertz CT molecular complexity index is 1030. The molecule has 4 rings (SSSR count). The second kappa shape index (κ2) is 10.8. The zero-order valence-electron chi connectivity index (χ0n) is 18.8. The summed E-state index contributed by atoms with van der Waals surface area (Å²) in [6.07, 6.45) is 1.91. The molecule has 0 saturated carbocycles. The van der Waals surface area contributed by atoms with Crippen molar-refractivity contribution in [2.75, 3.05) is 19.7 Å². The maximum absolute atomic E-state index is 13.4. The largest absolute Gasteiger partial charge is 0.484 e. The molecule has 1 saturated heterocycles. The van der Waals surface area contributed by atoms with Crippen molar-refractivity contribution in [3.8, 4) is 5.75 Å². The van der Waals surface area contributed by atoms with Gasteiger partial charge in [0.1, 0.15) is 5.75 Å². The number of benzene rings is 3. The first-order valence-corrected chi connectivity index (χ1v) is 11.5. The van der Waals surface area contributed by atoms with Crippen LogP contribution in [0, 0.1) is 5.41 Å². The average Bonchev–Trinajstić information content (AvgIpc) is 2.88. The smallest absolute Gasteiger partial charge is 0.260 e. The molecule has 0 atom stereocenters. The summed E-state index contributed by atoms with van der Waals surface area (Å²) in [4.78, 5) is 28.0. The number of hydrogen-bond donors (Lipinski definition) is 1. The summed E-state index contributed by atoms with van der Waals surface area (Å²) in [6.45, 7) is 1.60. The number of ether oxygens (including phenoxy) is 1. The minimum atomic E-state index is -0.535. The number of carbonyl (C=O) groups is 2. The van der Waals surface area contributed by atoms with E-state index in [4.69, 9.17) is 4.74 Å². The normalized spacial score (nSPS) is 15.0. The Kier molecular flexibility index (Phi) is 7.40. The van der Waals surface area contributed by atoms with Crippen LogP contribution in [-0.2, 0) is 22.6 Å². The summed E-state index contributed by atoms with van der Waals surface area (Å²) in [6, 6.07) is 29.4. The van der Waals surface area contributed by atoms with Crippen molar-refractivity contribution in [3.05, 3.63) is 102 Å². The zero-order valence-corrected chi connectivity index (χ0v) is 18.8. The number of nitrogens with zero attached hydrogens (tertiary/aromatic N) is 1. The second-order valence-electron chi connectivity index (χ2n) is 8.59. The van der Waals surface area contributed by atoms with Gasteiger partial charge in [-0.2, -0.15) is 0 Å². The molecule has 0 aromatic heterocycles. The van der Waals surface area contributed by atoms with E-state index in [1.807, 2.05) is 83.8 Å². The van der Waals surface area contributed by atoms with Gasteiger partial charge in [-0.25, -0.2) is 0 Å². The highest BCUT2D eigenvalue weighted by atomic mass is 16.5. The minimum Gasteiger partial charge on any atom is -0.484 e. The van der Waals surface area contributed by atoms with Gasteiger partial charge in [-0.15, -0.1) is 0 Å². The van der Waals surface area contributed by atoms with Gasteiger partial charge < -0.3 is 15.0 Å². The predicted octanol–water partition coefficient (Wildman–Crippen LogP) is 4.23. The number of carbonyl (C=O) groups excluding carboxylic acids is 2. The third kappa shape index (κ3) is 6.01. The molecule has 3 aromatic carbocycles. The van der Waals surface area contributed by atoms with Crippen molar-refractivity contribution in [1.29, 1.82) is 0 Å².